The van der Waals surface area contributed by atoms with Crippen LogP contribution in [0.25, 0.3) is 0 Å². The van der Waals surface area contributed by atoms with Gasteiger partial charge in [0.05, 0.1) is 6.54 Å². The smallest absolute Gasteiger partial charge is 0.225 e. The Balaban J connectivity index is 1.67. The lowest BCUT2D eigenvalue weighted by Crippen LogP contribution is -2.53. The van der Waals surface area contributed by atoms with Crippen molar-refractivity contribution in [2.45, 2.75) is 39.8 Å². The van der Waals surface area contributed by atoms with E-state index < -0.39 is 0 Å². The van der Waals surface area contributed by atoms with Gasteiger partial charge in [-0.1, -0.05) is 18.2 Å². The number of hydrogen-bond acceptors (Lipinski definition) is 5. The number of nitrogens with one attached hydrogen (secondary N) is 1. The van der Waals surface area contributed by atoms with Gasteiger partial charge in [0.15, 0.2) is 5.96 Å². The van der Waals surface area contributed by atoms with Gasteiger partial charge in [-0.2, -0.15) is 0 Å². The average molecular weight is 397 g/mol. The Labute approximate surface area is 173 Å². The summed E-state index contributed by atoms with van der Waals surface area (Å²) in [7, 11) is 0. The van der Waals surface area contributed by atoms with Gasteiger partial charge >= 0.3 is 0 Å². The van der Waals surface area contributed by atoms with Gasteiger partial charge in [-0.15, -0.1) is 0 Å². The highest BCUT2D eigenvalue weighted by Crippen LogP contribution is 2.23. The van der Waals surface area contributed by atoms with Gasteiger partial charge in [-0.25, -0.2) is 15.0 Å². The van der Waals surface area contributed by atoms with Crippen LogP contribution in [-0.2, 0) is 6.54 Å². The highest BCUT2D eigenvalue weighted by molar-refractivity contribution is 5.80. The average Bonchev–Trinajstić information content (AvgIpc) is 2.72. The predicted molar refractivity (Wildman–Crippen MR) is 117 cm³/mol. The van der Waals surface area contributed by atoms with E-state index in [1.54, 1.807) is 12.4 Å². The molecule has 0 saturated carbocycles. The van der Waals surface area contributed by atoms with Gasteiger partial charge in [-0.3, -0.25) is 0 Å². The van der Waals surface area contributed by atoms with Crippen LogP contribution < -0.4 is 15.0 Å². The summed E-state index contributed by atoms with van der Waals surface area (Å²) in [4.78, 5) is 18.1. The molecular formula is C22H32N6O. The third kappa shape index (κ3) is 6.07. The molecule has 0 atom stereocenters. The van der Waals surface area contributed by atoms with E-state index >= 15 is 0 Å². The number of benzene rings is 1. The fourth-order valence-corrected chi connectivity index (χ4v) is 3.22. The first-order valence-electron chi connectivity index (χ1n) is 10.3. The number of ether oxygens (including phenoxy) is 1. The molecular weight excluding hydrogens is 364 g/mol. The zero-order chi connectivity index (χ0) is 20.7. The second-order valence-electron chi connectivity index (χ2n) is 8.02. The molecule has 0 amide bonds. The molecule has 3 rings (SSSR count). The summed E-state index contributed by atoms with van der Waals surface area (Å²) < 4.78 is 6.11. The van der Waals surface area contributed by atoms with Gasteiger partial charge in [0, 0.05) is 50.7 Å². The van der Waals surface area contributed by atoms with Crippen molar-refractivity contribution >= 4 is 11.9 Å². The molecule has 2 aromatic rings. The lowest BCUT2D eigenvalue weighted by molar-refractivity contribution is 0.129. The molecule has 29 heavy (non-hydrogen) atoms. The van der Waals surface area contributed by atoms with Crippen molar-refractivity contribution in [3.63, 3.8) is 0 Å². The van der Waals surface area contributed by atoms with Crippen LogP contribution in [0.1, 0.15) is 33.3 Å². The normalized spacial score (nSPS) is 15.4. The summed E-state index contributed by atoms with van der Waals surface area (Å²) in [6.07, 6.45) is 3.58. The molecule has 0 bridgehead atoms. The van der Waals surface area contributed by atoms with Gasteiger partial charge in [-0.05, 0) is 39.8 Å². The number of guanidine groups is 1. The molecule has 0 spiro atoms. The minimum atomic E-state index is -0.236. The monoisotopic (exact) mass is 396 g/mol. The van der Waals surface area contributed by atoms with E-state index in [-0.39, 0.29) is 5.60 Å². The minimum absolute atomic E-state index is 0.236. The molecule has 156 valence electrons. The van der Waals surface area contributed by atoms with Gasteiger partial charge in [0.2, 0.25) is 5.95 Å². The van der Waals surface area contributed by atoms with Crippen LogP contribution in [0.3, 0.4) is 0 Å². The number of aromatic nitrogens is 2. The van der Waals surface area contributed by atoms with Crippen LogP contribution in [0.5, 0.6) is 5.75 Å². The van der Waals surface area contributed by atoms with E-state index in [2.05, 4.69) is 58.8 Å². The maximum Gasteiger partial charge on any atom is 0.225 e. The largest absolute Gasteiger partial charge is 0.488 e. The fraction of sp³-hybridized carbons (Fsp3) is 0.500. The van der Waals surface area contributed by atoms with E-state index in [0.717, 1.165) is 55.9 Å². The maximum atomic E-state index is 6.11. The standard InChI is InChI=1S/C22H32N6O/c1-5-23-20(26-17-18-9-6-7-10-19(18)29-22(2,3)4)27-13-15-28(16-14-27)21-24-11-8-12-25-21/h6-12H,5,13-17H2,1-4H3,(H,23,26). The van der Waals surface area contributed by atoms with Crippen molar-refractivity contribution in [2.24, 2.45) is 4.99 Å². The molecule has 1 aromatic carbocycles. The fourth-order valence-electron chi connectivity index (χ4n) is 3.22. The maximum absolute atomic E-state index is 6.11. The van der Waals surface area contributed by atoms with Crippen LogP contribution in [-0.4, -0.2) is 59.2 Å². The van der Waals surface area contributed by atoms with Crippen LogP contribution in [0.4, 0.5) is 5.95 Å². The Morgan fingerprint density at radius 1 is 1.07 bits per heavy atom. The highest BCUT2D eigenvalue weighted by Gasteiger charge is 2.21. The molecule has 7 heteroatoms. The first-order chi connectivity index (χ1) is 14.0. The van der Waals surface area contributed by atoms with Crippen LogP contribution in [0.2, 0.25) is 0 Å². The number of aliphatic imine (C=N–C) groups is 1. The van der Waals surface area contributed by atoms with Crippen molar-refractivity contribution in [2.75, 3.05) is 37.6 Å². The third-order valence-electron chi connectivity index (χ3n) is 4.54. The Morgan fingerprint density at radius 3 is 2.41 bits per heavy atom. The lowest BCUT2D eigenvalue weighted by Gasteiger charge is -2.36. The number of rotatable bonds is 5. The van der Waals surface area contributed by atoms with E-state index in [1.165, 1.54) is 0 Å². The first-order valence-corrected chi connectivity index (χ1v) is 10.3. The molecule has 1 saturated heterocycles. The molecule has 0 unspecified atom stereocenters. The quantitative estimate of drug-likeness (QED) is 0.619. The molecule has 1 aliphatic heterocycles. The summed E-state index contributed by atoms with van der Waals surface area (Å²) in [6.45, 7) is 13.2. The Kier molecular flexibility index (Phi) is 6.90. The predicted octanol–water partition coefficient (Wildman–Crippen LogP) is 2.94. The number of para-hydroxylation sites is 1. The van der Waals surface area contributed by atoms with Crippen LogP contribution >= 0.6 is 0 Å². The minimum Gasteiger partial charge on any atom is -0.488 e. The zero-order valence-corrected chi connectivity index (χ0v) is 17.9. The lowest BCUT2D eigenvalue weighted by atomic mass is 10.1. The Hall–Kier alpha value is -2.83. The van der Waals surface area contributed by atoms with E-state index in [4.69, 9.17) is 9.73 Å². The number of hydrogen-bond donors (Lipinski definition) is 1. The summed E-state index contributed by atoms with van der Waals surface area (Å²) in [5, 5.41) is 3.43. The summed E-state index contributed by atoms with van der Waals surface area (Å²) >= 11 is 0. The molecule has 0 radical (unpaired) electrons. The molecule has 1 N–H and O–H groups in total. The van der Waals surface area contributed by atoms with E-state index in [1.807, 2.05) is 24.3 Å². The SMILES string of the molecule is CCNC(=NCc1ccccc1OC(C)(C)C)N1CCN(c2ncccn2)CC1. The van der Waals surface area contributed by atoms with Crippen molar-refractivity contribution < 1.29 is 4.74 Å². The van der Waals surface area contributed by atoms with Gasteiger partial charge < -0.3 is 19.9 Å². The molecule has 1 aliphatic rings. The third-order valence-corrected chi connectivity index (χ3v) is 4.54. The topological polar surface area (TPSA) is 65.9 Å². The Bertz CT molecular complexity index is 794. The molecule has 1 fully saturated rings. The molecule has 7 nitrogen and oxygen atoms in total. The van der Waals surface area contributed by atoms with Crippen molar-refractivity contribution in [3.8, 4) is 5.75 Å². The van der Waals surface area contributed by atoms with E-state index in [9.17, 15) is 0 Å². The van der Waals surface area contributed by atoms with Gasteiger partial charge in [0.1, 0.15) is 11.4 Å². The molecule has 1 aromatic heterocycles. The summed E-state index contributed by atoms with van der Waals surface area (Å²) in [6, 6.07) is 9.98. The second kappa shape index (κ2) is 9.58. The first kappa shape index (κ1) is 20.9. The second-order valence-corrected chi connectivity index (χ2v) is 8.02. The number of piperazine rings is 1. The number of anilines is 1. The summed E-state index contributed by atoms with van der Waals surface area (Å²) in [5.74, 6) is 2.62. The van der Waals surface area contributed by atoms with Crippen molar-refractivity contribution in [1.82, 2.24) is 20.2 Å². The molecule has 2 heterocycles. The van der Waals surface area contributed by atoms with Crippen molar-refractivity contribution in [3.05, 3.63) is 48.3 Å². The van der Waals surface area contributed by atoms with Crippen LogP contribution in [0.15, 0.2) is 47.7 Å². The Morgan fingerprint density at radius 2 is 1.76 bits per heavy atom. The van der Waals surface area contributed by atoms with E-state index in [0.29, 0.717) is 6.54 Å². The number of nitrogens with zero attached hydrogens (tertiary/aromatic N) is 5. The highest BCUT2D eigenvalue weighted by atomic mass is 16.5. The summed E-state index contributed by atoms with van der Waals surface area (Å²) in [5.41, 5.74) is 0.856. The van der Waals surface area contributed by atoms with Crippen LogP contribution in [0, 0.1) is 0 Å². The zero-order valence-electron chi connectivity index (χ0n) is 17.9. The molecule has 0 aliphatic carbocycles. The van der Waals surface area contributed by atoms with Gasteiger partial charge in [0.25, 0.3) is 0 Å². The van der Waals surface area contributed by atoms with Crippen molar-refractivity contribution in [1.29, 1.82) is 0 Å².